The maximum Gasteiger partial charge on any atom is 0.210 e. The lowest BCUT2D eigenvalue weighted by Gasteiger charge is -1.98. The molecule has 0 heterocycles. The standard InChI is InChI=1S/C9H9NO3/c1-6(10-13)9(12)7-2-4-8(11)5-3-7/h2-5,11,13H,1H3/b10-6+. The van der Waals surface area contributed by atoms with Crippen LogP contribution in [-0.4, -0.2) is 21.8 Å². The first-order valence-electron chi connectivity index (χ1n) is 3.67. The minimum atomic E-state index is -0.359. The number of aromatic hydroxyl groups is 1. The van der Waals surface area contributed by atoms with Gasteiger partial charge in [0.05, 0.1) is 0 Å². The molecule has 13 heavy (non-hydrogen) atoms. The van der Waals surface area contributed by atoms with Crippen LogP contribution >= 0.6 is 0 Å². The van der Waals surface area contributed by atoms with E-state index in [1.165, 1.54) is 31.2 Å². The van der Waals surface area contributed by atoms with Crippen molar-refractivity contribution in [1.82, 2.24) is 0 Å². The predicted octanol–water partition coefficient (Wildman–Crippen LogP) is 1.43. The molecule has 0 radical (unpaired) electrons. The summed E-state index contributed by atoms with van der Waals surface area (Å²) in [4.78, 5) is 11.3. The summed E-state index contributed by atoms with van der Waals surface area (Å²) in [5.74, 6) is -0.266. The molecule has 0 fully saturated rings. The number of oxime groups is 1. The first-order chi connectivity index (χ1) is 6.15. The lowest BCUT2D eigenvalue weighted by molar-refractivity contribution is 0.106. The molecule has 4 heteroatoms. The average Bonchev–Trinajstić information content (AvgIpc) is 2.17. The molecule has 0 aliphatic carbocycles. The maximum atomic E-state index is 11.3. The van der Waals surface area contributed by atoms with Crippen molar-refractivity contribution in [3.63, 3.8) is 0 Å². The number of hydrogen-bond acceptors (Lipinski definition) is 4. The molecule has 0 saturated carbocycles. The van der Waals surface area contributed by atoms with Gasteiger partial charge in [-0.3, -0.25) is 4.79 Å². The summed E-state index contributed by atoms with van der Waals surface area (Å²) in [5, 5.41) is 20.1. The summed E-state index contributed by atoms with van der Waals surface area (Å²) in [6.45, 7) is 1.41. The average molecular weight is 179 g/mol. The molecular formula is C9H9NO3. The highest BCUT2D eigenvalue weighted by Crippen LogP contribution is 2.10. The molecule has 0 amide bonds. The fourth-order valence-corrected chi connectivity index (χ4v) is 0.867. The second-order valence-electron chi connectivity index (χ2n) is 2.56. The van der Waals surface area contributed by atoms with Gasteiger partial charge in [0.2, 0.25) is 5.78 Å². The van der Waals surface area contributed by atoms with Gasteiger partial charge >= 0.3 is 0 Å². The van der Waals surface area contributed by atoms with E-state index in [0.29, 0.717) is 5.56 Å². The van der Waals surface area contributed by atoms with E-state index in [0.717, 1.165) is 0 Å². The van der Waals surface area contributed by atoms with E-state index >= 15 is 0 Å². The molecule has 0 aromatic heterocycles. The predicted molar refractivity (Wildman–Crippen MR) is 47.3 cm³/mol. The maximum absolute atomic E-state index is 11.3. The van der Waals surface area contributed by atoms with Crippen molar-refractivity contribution in [2.24, 2.45) is 5.16 Å². The van der Waals surface area contributed by atoms with Crippen molar-refractivity contribution in [3.8, 4) is 5.75 Å². The number of phenolic OH excluding ortho intramolecular Hbond substituents is 1. The summed E-state index contributed by atoms with van der Waals surface area (Å²) < 4.78 is 0. The van der Waals surface area contributed by atoms with E-state index < -0.39 is 0 Å². The van der Waals surface area contributed by atoms with E-state index in [4.69, 9.17) is 10.3 Å². The SMILES string of the molecule is C/C(=N\O)C(=O)c1ccc(O)cc1. The number of benzene rings is 1. The van der Waals surface area contributed by atoms with E-state index in [1.54, 1.807) is 0 Å². The smallest absolute Gasteiger partial charge is 0.210 e. The fraction of sp³-hybridized carbons (Fsp3) is 0.111. The number of phenols is 1. The van der Waals surface area contributed by atoms with Crippen LogP contribution in [0.15, 0.2) is 29.4 Å². The lowest BCUT2D eigenvalue weighted by atomic mass is 10.1. The summed E-state index contributed by atoms with van der Waals surface area (Å²) in [6, 6.07) is 5.73. The van der Waals surface area contributed by atoms with Gasteiger partial charge in [-0.1, -0.05) is 5.16 Å². The zero-order valence-electron chi connectivity index (χ0n) is 7.06. The largest absolute Gasteiger partial charge is 0.508 e. The highest BCUT2D eigenvalue weighted by molar-refractivity contribution is 6.45. The van der Waals surface area contributed by atoms with Crippen LogP contribution in [0.25, 0.3) is 0 Å². The van der Waals surface area contributed by atoms with Gasteiger partial charge in [-0.25, -0.2) is 0 Å². The van der Waals surface area contributed by atoms with E-state index in [9.17, 15) is 4.79 Å². The normalized spacial score (nSPS) is 11.3. The number of Topliss-reactive ketones (excluding diaryl/α,β-unsaturated/α-hetero) is 1. The van der Waals surface area contributed by atoms with Crippen molar-refractivity contribution < 1.29 is 15.1 Å². The minimum absolute atomic E-state index is 0.0192. The number of nitrogens with zero attached hydrogens (tertiary/aromatic N) is 1. The first kappa shape index (κ1) is 9.25. The second kappa shape index (κ2) is 3.71. The molecule has 2 N–H and O–H groups in total. The molecular weight excluding hydrogens is 170 g/mol. The van der Waals surface area contributed by atoms with Crippen molar-refractivity contribution in [1.29, 1.82) is 0 Å². The molecule has 1 rings (SSSR count). The molecule has 4 nitrogen and oxygen atoms in total. The molecule has 0 aliphatic rings. The van der Waals surface area contributed by atoms with E-state index in [-0.39, 0.29) is 17.2 Å². The summed E-state index contributed by atoms with van der Waals surface area (Å²) in [7, 11) is 0. The summed E-state index contributed by atoms with van der Waals surface area (Å²) >= 11 is 0. The third kappa shape index (κ3) is 2.05. The van der Waals surface area contributed by atoms with E-state index in [1.807, 2.05) is 0 Å². The van der Waals surface area contributed by atoms with Gasteiger partial charge in [0, 0.05) is 5.56 Å². The Morgan fingerprint density at radius 1 is 1.31 bits per heavy atom. The zero-order chi connectivity index (χ0) is 9.84. The van der Waals surface area contributed by atoms with Gasteiger partial charge in [0.15, 0.2) is 0 Å². The van der Waals surface area contributed by atoms with Crippen LogP contribution in [0.5, 0.6) is 5.75 Å². The molecule has 0 aliphatic heterocycles. The van der Waals surface area contributed by atoms with Gasteiger partial charge in [-0.2, -0.15) is 0 Å². The molecule has 1 aromatic carbocycles. The number of hydrogen-bond donors (Lipinski definition) is 2. The van der Waals surface area contributed by atoms with Gasteiger partial charge in [-0.15, -0.1) is 0 Å². The van der Waals surface area contributed by atoms with Gasteiger partial charge < -0.3 is 10.3 Å². The third-order valence-corrected chi connectivity index (χ3v) is 1.61. The van der Waals surface area contributed by atoms with Gasteiger partial charge in [-0.05, 0) is 31.2 Å². The van der Waals surface area contributed by atoms with Gasteiger partial charge in [0.25, 0.3) is 0 Å². The number of carbonyl (C=O) groups is 1. The molecule has 0 unspecified atom stereocenters. The zero-order valence-corrected chi connectivity index (χ0v) is 7.06. The van der Waals surface area contributed by atoms with Crippen LogP contribution in [0.2, 0.25) is 0 Å². The highest BCUT2D eigenvalue weighted by atomic mass is 16.4. The monoisotopic (exact) mass is 179 g/mol. The Hall–Kier alpha value is -1.84. The first-order valence-corrected chi connectivity index (χ1v) is 3.67. The Kier molecular flexibility index (Phi) is 2.64. The molecule has 0 saturated heterocycles. The van der Waals surface area contributed by atoms with Crippen LogP contribution < -0.4 is 0 Å². The quantitative estimate of drug-likeness (QED) is 0.312. The lowest BCUT2D eigenvalue weighted by Crippen LogP contribution is -2.09. The Bertz CT molecular complexity index is 340. The number of ketones is 1. The Balaban J connectivity index is 2.97. The molecule has 1 aromatic rings. The van der Waals surface area contributed by atoms with Crippen LogP contribution in [-0.2, 0) is 0 Å². The van der Waals surface area contributed by atoms with Crippen molar-refractivity contribution >= 4 is 11.5 Å². The minimum Gasteiger partial charge on any atom is -0.508 e. The van der Waals surface area contributed by atoms with Crippen LogP contribution in [0.4, 0.5) is 0 Å². The topological polar surface area (TPSA) is 69.9 Å². The molecule has 0 bridgehead atoms. The van der Waals surface area contributed by atoms with Gasteiger partial charge in [0.1, 0.15) is 11.5 Å². The highest BCUT2D eigenvalue weighted by Gasteiger charge is 2.09. The van der Waals surface area contributed by atoms with Crippen LogP contribution in [0.1, 0.15) is 17.3 Å². The van der Waals surface area contributed by atoms with E-state index in [2.05, 4.69) is 5.16 Å². The molecule has 0 atom stereocenters. The number of rotatable bonds is 2. The third-order valence-electron chi connectivity index (χ3n) is 1.61. The van der Waals surface area contributed by atoms with Crippen molar-refractivity contribution in [3.05, 3.63) is 29.8 Å². The van der Waals surface area contributed by atoms with Crippen molar-refractivity contribution in [2.45, 2.75) is 6.92 Å². The van der Waals surface area contributed by atoms with Crippen LogP contribution in [0.3, 0.4) is 0 Å². The Morgan fingerprint density at radius 2 is 1.85 bits per heavy atom. The molecule has 0 spiro atoms. The Morgan fingerprint density at radius 3 is 2.31 bits per heavy atom. The van der Waals surface area contributed by atoms with Crippen LogP contribution in [0, 0.1) is 0 Å². The second-order valence-corrected chi connectivity index (χ2v) is 2.56. The Labute approximate surface area is 75.1 Å². The summed E-state index contributed by atoms with van der Waals surface area (Å²) in [5.41, 5.74) is 0.402. The summed E-state index contributed by atoms with van der Waals surface area (Å²) in [6.07, 6.45) is 0. The molecule has 68 valence electrons. The number of carbonyl (C=O) groups excluding carboxylic acids is 1. The van der Waals surface area contributed by atoms with Crippen molar-refractivity contribution in [2.75, 3.05) is 0 Å². The fourth-order valence-electron chi connectivity index (χ4n) is 0.867.